The Morgan fingerprint density at radius 2 is 2.50 bits per heavy atom. The van der Waals surface area contributed by atoms with Crippen molar-refractivity contribution in [2.45, 2.75) is 13.5 Å². The van der Waals surface area contributed by atoms with E-state index in [-0.39, 0.29) is 12.2 Å². The fourth-order valence-corrected chi connectivity index (χ4v) is 0.722. The molecule has 1 aromatic heterocycles. The van der Waals surface area contributed by atoms with Gasteiger partial charge in [0, 0.05) is 6.07 Å². The molecule has 0 amide bonds. The van der Waals surface area contributed by atoms with Crippen LogP contribution in [0.1, 0.15) is 11.5 Å². The molecule has 0 aliphatic heterocycles. The van der Waals surface area contributed by atoms with Crippen molar-refractivity contribution in [3.63, 3.8) is 0 Å². The van der Waals surface area contributed by atoms with E-state index in [1.165, 1.54) is 6.07 Å². The number of aromatic amines is 1. The van der Waals surface area contributed by atoms with Gasteiger partial charge in [0.25, 0.3) is 5.56 Å². The summed E-state index contributed by atoms with van der Waals surface area (Å²) in [7, 11) is 0. The molecule has 0 aromatic carbocycles. The first kappa shape index (κ1) is 6.95. The summed E-state index contributed by atoms with van der Waals surface area (Å²) in [4.78, 5) is 17.0. The van der Waals surface area contributed by atoms with E-state index in [4.69, 9.17) is 5.11 Å². The van der Waals surface area contributed by atoms with Gasteiger partial charge in [0.05, 0.1) is 12.3 Å². The van der Waals surface area contributed by atoms with Crippen molar-refractivity contribution in [3.8, 4) is 0 Å². The van der Waals surface area contributed by atoms with E-state index < -0.39 is 0 Å². The van der Waals surface area contributed by atoms with Crippen LogP contribution < -0.4 is 5.56 Å². The van der Waals surface area contributed by atoms with E-state index in [0.717, 1.165) is 0 Å². The Kier molecular flexibility index (Phi) is 1.82. The lowest BCUT2D eigenvalue weighted by molar-refractivity contribution is 0.276. The molecule has 0 bridgehead atoms. The van der Waals surface area contributed by atoms with Gasteiger partial charge >= 0.3 is 0 Å². The zero-order valence-electron chi connectivity index (χ0n) is 5.59. The maximum absolute atomic E-state index is 10.7. The topological polar surface area (TPSA) is 66.0 Å². The summed E-state index contributed by atoms with van der Waals surface area (Å²) in [6, 6.07) is 1.27. The second kappa shape index (κ2) is 2.62. The summed E-state index contributed by atoms with van der Waals surface area (Å²) in [6.07, 6.45) is 0. The molecule has 2 N–H and O–H groups in total. The molecule has 0 saturated heterocycles. The molecule has 54 valence electrons. The maximum atomic E-state index is 10.7. The molecule has 0 saturated carbocycles. The Bertz CT molecular complexity index is 279. The van der Waals surface area contributed by atoms with Crippen molar-refractivity contribution < 1.29 is 5.11 Å². The highest BCUT2D eigenvalue weighted by atomic mass is 16.3. The first-order valence-corrected chi connectivity index (χ1v) is 2.90. The summed E-state index contributed by atoms with van der Waals surface area (Å²) in [6.45, 7) is 1.48. The van der Waals surface area contributed by atoms with Crippen LogP contribution in [0.25, 0.3) is 0 Å². The van der Waals surface area contributed by atoms with Crippen LogP contribution >= 0.6 is 0 Å². The molecule has 0 fully saturated rings. The molecule has 0 atom stereocenters. The van der Waals surface area contributed by atoms with Gasteiger partial charge < -0.3 is 10.1 Å². The third-order valence-electron chi connectivity index (χ3n) is 1.08. The number of aliphatic hydroxyl groups is 1. The highest BCUT2D eigenvalue weighted by Gasteiger charge is 1.93. The van der Waals surface area contributed by atoms with Gasteiger partial charge in [-0.25, -0.2) is 4.98 Å². The molecule has 10 heavy (non-hydrogen) atoms. The Morgan fingerprint density at radius 1 is 1.80 bits per heavy atom. The molecule has 1 rings (SSSR count). The van der Waals surface area contributed by atoms with Gasteiger partial charge in [-0.15, -0.1) is 0 Å². The average Bonchev–Trinajstić information content (AvgIpc) is 1.85. The van der Waals surface area contributed by atoms with Crippen molar-refractivity contribution >= 4 is 0 Å². The largest absolute Gasteiger partial charge is 0.390 e. The molecule has 0 unspecified atom stereocenters. The minimum atomic E-state index is -0.225. The number of aromatic nitrogens is 2. The SMILES string of the molecule is Cc1nc(CO)cc(=O)[nH]1. The lowest BCUT2D eigenvalue weighted by Crippen LogP contribution is -2.10. The van der Waals surface area contributed by atoms with Crippen molar-refractivity contribution in [3.05, 3.63) is 27.9 Å². The minimum absolute atomic E-state index is 0.190. The van der Waals surface area contributed by atoms with E-state index in [0.29, 0.717) is 11.5 Å². The molecule has 0 aliphatic carbocycles. The second-order valence-corrected chi connectivity index (χ2v) is 1.98. The van der Waals surface area contributed by atoms with E-state index in [1.807, 2.05) is 0 Å². The van der Waals surface area contributed by atoms with Gasteiger partial charge in [0.2, 0.25) is 0 Å². The minimum Gasteiger partial charge on any atom is -0.390 e. The molecular formula is C6H8N2O2. The number of nitrogens with one attached hydrogen (secondary N) is 1. The number of hydrogen-bond donors (Lipinski definition) is 2. The van der Waals surface area contributed by atoms with Gasteiger partial charge in [-0.2, -0.15) is 0 Å². The fraction of sp³-hybridized carbons (Fsp3) is 0.333. The molecule has 1 aromatic rings. The fourth-order valence-electron chi connectivity index (χ4n) is 0.722. The van der Waals surface area contributed by atoms with Crippen LogP contribution in [0.4, 0.5) is 0 Å². The number of rotatable bonds is 1. The van der Waals surface area contributed by atoms with Crippen LogP contribution in [-0.4, -0.2) is 15.1 Å². The molecular weight excluding hydrogens is 132 g/mol. The van der Waals surface area contributed by atoms with Crippen LogP contribution in [0.5, 0.6) is 0 Å². The Morgan fingerprint density at radius 3 is 3.00 bits per heavy atom. The van der Waals surface area contributed by atoms with E-state index in [2.05, 4.69) is 9.97 Å². The number of aliphatic hydroxyl groups excluding tert-OH is 1. The van der Waals surface area contributed by atoms with Crippen LogP contribution in [0.2, 0.25) is 0 Å². The van der Waals surface area contributed by atoms with Crippen LogP contribution in [0, 0.1) is 6.92 Å². The van der Waals surface area contributed by atoms with E-state index >= 15 is 0 Å². The second-order valence-electron chi connectivity index (χ2n) is 1.98. The van der Waals surface area contributed by atoms with E-state index in [1.54, 1.807) is 6.92 Å². The molecule has 0 spiro atoms. The Labute approximate surface area is 57.6 Å². The van der Waals surface area contributed by atoms with Crippen LogP contribution in [0.15, 0.2) is 10.9 Å². The predicted octanol–water partition coefficient (Wildman–Crippen LogP) is -0.429. The van der Waals surface area contributed by atoms with Gasteiger partial charge in [-0.1, -0.05) is 0 Å². The first-order chi connectivity index (χ1) is 4.72. The van der Waals surface area contributed by atoms with Gasteiger partial charge in [-0.05, 0) is 6.92 Å². The number of H-pyrrole nitrogens is 1. The average molecular weight is 140 g/mol. The first-order valence-electron chi connectivity index (χ1n) is 2.90. The highest BCUT2D eigenvalue weighted by molar-refractivity contribution is 4.99. The maximum Gasteiger partial charge on any atom is 0.251 e. The van der Waals surface area contributed by atoms with Crippen molar-refractivity contribution in [1.29, 1.82) is 0 Å². The number of nitrogens with zero attached hydrogens (tertiary/aromatic N) is 1. The highest BCUT2D eigenvalue weighted by Crippen LogP contribution is 1.88. The van der Waals surface area contributed by atoms with Crippen LogP contribution in [-0.2, 0) is 6.61 Å². The Hall–Kier alpha value is -1.16. The molecule has 0 radical (unpaired) electrons. The van der Waals surface area contributed by atoms with Crippen molar-refractivity contribution in [2.24, 2.45) is 0 Å². The van der Waals surface area contributed by atoms with Gasteiger partial charge in [-0.3, -0.25) is 4.79 Å². The number of aryl methyl sites for hydroxylation is 1. The number of hydrogen-bond acceptors (Lipinski definition) is 3. The molecule has 4 nitrogen and oxygen atoms in total. The van der Waals surface area contributed by atoms with Crippen molar-refractivity contribution in [1.82, 2.24) is 9.97 Å². The third kappa shape index (κ3) is 1.41. The lowest BCUT2D eigenvalue weighted by atomic mass is 10.4. The zero-order valence-corrected chi connectivity index (χ0v) is 5.59. The summed E-state index contributed by atoms with van der Waals surface area (Å²) in [5, 5.41) is 8.57. The van der Waals surface area contributed by atoms with Gasteiger partial charge in [0.15, 0.2) is 0 Å². The normalized spacial score (nSPS) is 9.80. The smallest absolute Gasteiger partial charge is 0.251 e. The van der Waals surface area contributed by atoms with Gasteiger partial charge in [0.1, 0.15) is 5.82 Å². The van der Waals surface area contributed by atoms with E-state index in [9.17, 15) is 4.79 Å². The molecule has 1 heterocycles. The third-order valence-corrected chi connectivity index (χ3v) is 1.08. The summed E-state index contributed by atoms with van der Waals surface area (Å²) in [5.74, 6) is 0.525. The quantitative estimate of drug-likeness (QED) is 0.556. The molecule has 0 aliphatic rings. The standard InChI is InChI=1S/C6H8N2O2/c1-4-7-5(3-9)2-6(10)8-4/h2,9H,3H2,1H3,(H,7,8,10). The molecule has 4 heteroatoms. The monoisotopic (exact) mass is 140 g/mol. The lowest BCUT2D eigenvalue weighted by Gasteiger charge is -1.94. The van der Waals surface area contributed by atoms with Crippen LogP contribution in [0.3, 0.4) is 0 Å². The van der Waals surface area contributed by atoms with Crippen molar-refractivity contribution in [2.75, 3.05) is 0 Å². The zero-order chi connectivity index (χ0) is 7.56. The predicted molar refractivity (Wildman–Crippen MR) is 35.5 cm³/mol. The summed E-state index contributed by atoms with van der Waals surface area (Å²) in [5.41, 5.74) is 0.179. The summed E-state index contributed by atoms with van der Waals surface area (Å²) >= 11 is 0. The Balaban J connectivity index is 3.19. The summed E-state index contributed by atoms with van der Waals surface area (Å²) < 4.78 is 0.